The van der Waals surface area contributed by atoms with E-state index >= 15 is 0 Å². The lowest BCUT2D eigenvalue weighted by molar-refractivity contribution is -0.171. The molecule has 142 valence electrons. The third-order valence-electron chi connectivity index (χ3n) is 5.85. The lowest BCUT2D eigenvalue weighted by Gasteiger charge is -2.57. The van der Waals surface area contributed by atoms with Gasteiger partial charge < -0.3 is 15.8 Å². The lowest BCUT2D eigenvalue weighted by atomic mass is 9.54. The van der Waals surface area contributed by atoms with Crippen LogP contribution in [0.4, 0.5) is 0 Å². The summed E-state index contributed by atoms with van der Waals surface area (Å²) >= 11 is 0. The summed E-state index contributed by atoms with van der Waals surface area (Å²) in [6.45, 7) is 8.57. The van der Waals surface area contributed by atoms with Crippen molar-refractivity contribution in [3.8, 4) is 0 Å². The number of carbonyl (C=O) groups excluding carboxylic acids is 1. The van der Waals surface area contributed by atoms with Crippen LogP contribution < -0.4 is 11.1 Å². The molecule has 0 aliphatic heterocycles. The molecule has 2 rings (SSSR count). The van der Waals surface area contributed by atoms with Gasteiger partial charge in [-0.25, -0.2) is 0 Å². The van der Waals surface area contributed by atoms with E-state index < -0.39 is 16.3 Å². The van der Waals surface area contributed by atoms with Gasteiger partial charge in [0, 0.05) is 46.3 Å². The Morgan fingerprint density at radius 2 is 2.00 bits per heavy atom. The van der Waals surface area contributed by atoms with E-state index in [2.05, 4.69) is 5.32 Å². The third-order valence-corrected chi connectivity index (χ3v) is 7.59. The molecule has 0 bridgehead atoms. The van der Waals surface area contributed by atoms with Gasteiger partial charge in [-0.05, 0) is 26.2 Å². The molecule has 0 saturated heterocycles. The van der Waals surface area contributed by atoms with Crippen molar-refractivity contribution in [2.24, 2.45) is 11.1 Å². The summed E-state index contributed by atoms with van der Waals surface area (Å²) < 4.78 is 17.7. The van der Waals surface area contributed by atoms with E-state index in [9.17, 15) is 9.00 Å². The Hall–Kier alpha value is -0.170. The van der Waals surface area contributed by atoms with E-state index in [1.165, 1.54) is 0 Å². The number of nitrogens with two attached hydrogens (primary N) is 1. The molecular formula is C17H33ClN2O3S. The first-order chi connectivity index (χ1) is 10.8. The van der Waals surface area contributed by atoms with E-state index in [0.717, 1.165) is 25.7 Å². The Labute approximate surface area is 154 Å². The summed E-state index contributed by atoms with van der Waals surface area (Å²) in [6.07, 6.45) is 4.38. The first-order valence-corrected chi connectivity index (χ1v) is 10.2. The second-order valence-electron chi connectivity index (χ2n) is 7.47. The van der Waals surface area contributed by atoms with E-state index in [-0.39, 0.29) is 41.1 Å². The van der Waals surface area contributed by atoms with Crippen LogP contribution in [0.25, 0.3) is 0 Å². The molecule has 2 saturated carbocycles. The van der Waals surface area contributed by atoms with Crippen LogP contribution in [-0.4, -0.2) is 45.4 Å². The fourth-order valence-corrected chi connectivity index (χ4v) is 5.23. The molecule has 2 aliphatic carbocycles. The van der Waals surface area contributed by atoms with Crippen LogP contribution in [0, 0.1) is 5.41 Å². The van der Waals surface area contributed by atoms with Crippen molar-refractivity contribution in [3.63, 3.8) is 0 Å². The maximum Gasteiger partial charge on any atom is 0.241 e. The molecule has 5 nitrogen and oxygen atoms in total. The Morgan fingerprint density at radius 3 is 2.54 bits per heavy atom. The predicted octanol–water partition coefficient (Wildman–Crippen LogP) is 2.14. The minimum absolute atomic E-state index is 0. The fourth-order valence-electron chi connectivity index (χ4n) is 3.89. The van der Waals surface area contributed by atoms with E-state index in [4.69, 9.17) is 10.5 Å². The Kier molecular flexibility index (Phi) is 7.72. The second-order valence-corrected chi connectivity index (χ2v) is 9.48. The van der Waals surface area contributed by atoms with E-state index in [1.807, 2.05) is 27.7 Å². The molecule has 0 aromatic carbocycles. The minimum Gasteiger partial charge on any atom is -0.378 e. The van der Waals surface area contributed by atoms with Crippen molar-refractivity contribution in [3.05, 3.63) is 0 Å². The first kappa shape index (κ1) is 21.9. The van der Waals surface area contributed by atoms with Crippen LogP contribution in [-0.2, 0) is 20.3 Å². The maximum atomic E-state index is 12.8. The van der Waals surface area contributed by atoms with Crippen LogP contribution >= 0.6 is 12.4 Å². The number of rotatable bonds is 6. The highest BCUT2D eigenvalue weighted by atomic mass is 35.5. The zero-order valence-electron chi connectivity index (χ0n) is 15.3. The monoisotopic (exact) mass is 380 g/mol. The number of nitrogens with one attached hydrogen (secondary N) is 1. The molecule has 2 aliphatic rings. The van der Waals surface area contributed by atoms with Gasteiger partial charge in [-0.15, -0.1) is 12.4 Å². The summed E-state index contributed by atoms with van der Waals surface area (Å²) in [5.74, 6) is 0.612. The standard InChI is InChI=1S/C17H32N2O3S.ClH/c1-5-22-14-11-17(18,16(14,3)4)15(20)19-12-8-7-9-13(10-12)23(21)6-2;/h12-14H,5-11,18H2,1-4H3,(H,19,20);1H. The molecular weight excluding hydrogens is 348 g/mol. The van der Waals surface area contributed by atoms with Gasteiger partial charge in [0.2, 0.25) is 5.91 Å². The Balaban J connectivity index is 0.00000288. The summed E-state index contributed by atoms with van der Waals surface area (Å²) in [5, 5.41) is 3.34. The van der Waals surface area contributed by atoms with Crippen molar-refractivity contribution in [2.75, 3.05) is 12.4 Å². The number of ether oxygens (including phenoxy) is 1. The highest BCUT2D eigenvalue weighted by Crippen LogP contribution is 2.50. The fraction of sp³-hybridized carbons (Fsp3) is 0.941. The molecule has 0 spiro atoms. The van der Waals surface area contributed by atoms with Gasteiger partial charge >= 0.3 is 0 Å². The van der Waals surface area contributed by atoms with Crippen molar-refractivity contribution in [1.82, 2.24) is 5.32 Å². The van der Waals surface area contributed by atoms with Gasteiger partial charge in [-0.2, -0.15) is 0 Å². The Morgan fingerprint density at radius 1 is 1.33 bits per heavy atom. The van der Waals surface area contributed by atoms with Crippen LogP contribution in [0.2, 0.25) is 0 Å². The van der Waals surface area contributed by atoms with Crippen LogP contribution in [0.1, 0.15) is 59.8 Å². The molecule has 7 heteroatoms. The van der Waals surface area contributed by atoms with Crippen LogP contribution in [0.5, 0.6) is 0 Å². The molecule has 0 aromatic heterocycles. The minimum atomic E-state index is -0.871. The molecule has 24 heavy (non-hydrogen) atoms. The molecule has 0 heterocycles. The van der Waals surface area contributed by atoms with Crippen molar-refractivity contribution in [1.29, 1.82) is 0 Å². The zero-order chi connectivity index (χ0) is 17.3. The van der Waals surface area contributed by atoms with Gasteiger partial charge in [-0.1, -0.05) is 27.2 Å². The number of carbonyl (C=O) groups is 1. The maximum absolute atomic E-state index is 12.8. The molecule has 2 fully saturated rings. The molecule has 0 aromatic rings. The smallest absolute Gasteiger partial charge is 0.241 e. The average Bonchev–Trinajstić information content (AvgIpc) is 2.53. The van der Waals surface area contributed by atoms with E-state index in [1.54, 1.807) is 0 Å². The van der Waals surface area contributed by atoms with Crippen LogP contribution in [0.15, 0.2) is 0 Å². The summed E-state index contributed by atoms with van der Waals surface area (Å²) in [6, 6.07) is 0.0964. The zero-order valence-corrected chi connectivity index (χ0v) is 16.9. The van der Waals surface area contributed by atoms with Crippen molar-refractivity contribution < 1.29 is 13.7 Å². The average molecular weight is 381 g/mol. The Bertz CT molecular complexity index is 475. The lowest BCUT2D eigenvalue weighted by Crippen LogP contribution is -2.76. The van der Waals surface area contributed by atoms with Crippen molar-refractivity contribution >= 4 is 29.1 Å². The number of hydrogen-bond acceptors (Lipinski definition) is 4. The summed E-state index contributed by atoms with van der Waals surface area (Å²) in [5.41, 5.74) is 5.19. The molecule has 0 radical (unpaired) electrons. The highest BCUT2D eigenvalue weighted by molar-refractivity contribution is 7.85. The normalized spacial score (nSPS) is 36.1. The molecule has 3 N–H and O–H groups in total. The van der Waals surface area contributed by atoms with Gasteiger partial charge in [0.15, 0.2) is 0 Å². The number of hydrogen-bond donors (Lipinski definition) is 2. The van der Waals surface area contributed by atoms with Gasteiger partial charge in [0.05, 0.1) is 6.10 Å². The quantitative estimate of drug-likeness (QED) is 0.739. The number of amides is 1. The topological polar surface area (TPSA) is 81.4 Å². The summed E-state index contributed by atoms with van der Waals surface area (Å²) in [7, 11) is -0.784. The van der Waals surface area contributed by atoms with Gasteiger partial charge in [0.1, 0.15) is 5.54 Å². The third kappa shape index (κ3) is 3.97. The van der Waals surface area contributed by atoms with Crippen molar-refractivity contribution in [2.45, 2.75) is 82.7 Å². The predicted molar refractivity (Wildman–Crippen MR) is 101 cm³/mol. The summed E-state index contributed by atoms with van der Waals surface area (Å²) in [4.78, 5) is 12.8. The molecule has 5 unspecified atom stereocenters. The SMILES string of the molecule is CCOC1CC(N)(C(=O)NC2CCCC(S(=O)CC)C2)C1(C)C.Cl. The van der Waals surface area contributed by atoms with Crippen LogP contribution in [0.3, 0.4) is 0 Å². The van der Waals surface area contributed by atoms with Gasteiger partial charge in [0.25, 0.3) is 0 Å². The highest BCUT2D eigenvalue weighted by Gasteiger charge is 2.63. The molecule has 1 amide bonds. The first-order valence-electron chi connectivity index (χ1n) is 8.84. The molecule has 5 atom stereocenters. The van der Waals surface area contributed by atoms with E-state index in [0.29, 0.717) is 18.8 Å². The second kappa shape index (κ2) is 8.47. The van der Waals surface area contributed by atoms with Gasteiger partial charge in [-0.3, -0.25) is 9.00 Å². The largest absolute Gasteiger partial charge is 0.378 e. The number of halogens is 1.